The first-order valence-corrected chi connectivity index (χ1v) is 9.73. The number of hydrogen-bond donors (Lipinski definition) is 2. The summed E-state index contributed by atoms with van der Waals surface area (Å²) in [6.07, 6.45) is 3.10. The molecule has 0 bridgehead atoms. The molecule has 0 aliphatic heterocycles. The van der Waals surface area contributed by atoms with E-state index in [4.69, 9.17) is 0 Å². The van der Waals surface area contributed by atoms with Gasteiger partial charge in [-0.25, -0.2) is 22.8 Å². The number of nitro groups is 1. The normalized spacial score (nSPS) is 11.3. The molecule has 2 N–H and O–H groups in total. The highest BCUT2D eigenvalue weighted by Crippen LogP contribution is 2.28. The standard InChI is InChI=1S/C17H18N6O4S/c1-18-28(26,27)15-6-7-16(17(8-15)23(24)25)20-9-13-2-4-14(5-3-13)10-22-12-19-11-21-22/h2-8,11-12,18,20H,9-10H2,1H3. The highest BCUT2D eigenvalue weighted by molar-refractivity contribution is 7.89. The van der Waals surface area contributed by atoms with E-state index >= 15 is 0 Å². The van der Waals surface area contributed by atoms with Gasteiger partial charge in [0.15, 0.2) is 0 Å². The summed E-state index contributed by atoms with van der Waals surface area (Å²) in [6.45, 7) is 0.948. The fourth-order valence-electron chi connectivity index (χ4n) is 2.56. The number of hydrogen-bond acceptors (Lipinski definition) is 7. The van der Waals surface area contributed by atoms with Gasteiger partial charge in [0.1, 0.15) is 18.3 Å². The maximum atomic E-state index is 11.8. The van der Waals surface area contributed by atoms with Crippen LogP contribution in [0.5, 0.6) is 0 Å². The molecule has 3 rings (SSSR count). The van der Waals surface area contributed by atoms with Crippen LogP contribution in [-0.2, 0) is 23.1 Å². The molecule has 2 aromatic carbocycles. The van der Waals surface area contributed by atoms with E-state index in [0.717, 1.165) is 17.2 Å². The third kappa shape index (κ3) is 4.50. The van der Waals surface area contributed by atoms with Gasteiger partial charge < -0.3 is 5.32 Å². The number of nitrogens with one attached hydrogen (secondary N) is 2. The van der Waals surface area contributed by atoms with Gasteiger partial charge in [-0.2, -0.15) is 5.10 Å². The molecular formula is C17H18N6O4S. The molecule has 0 spiro atoms. The van der Waals surface area contributed by atoms with E-state index in [2.05, 4.69) is 20.1 Å². The third-order valence-electron chi connectivity index (χ3n) is 4.06. The molecule has 0 aliphatic carbocycles. The molecule has 146 valence electrons. The van der Waals surface area contributed by atoms with Gasteiger partial charge in [0, 0.05) is 12.6 Å². The number of benzene rings is 2. The molecule has 0 atom stereocenters. The van der Waals surface area contributed by atoms with Gasteiger partial charge in [0.2, 0.25) is 10.0 Å². The van der Waals surface area contributed by atoms with E-state index in [1.165, 1.54) is 25.5 Å². The fourth-order valence-corrected chi connectivity index (χ4v) is 3.31. The van der Waals surface area contributed by atoms with Gasteiger partial charge in [-0.3, -0.25) is 10.1 Å². The molecule has 1 aromatic heterocycles. The molecule has 0 aliphatic rings. The maximum Gasteiger partial charge on any atom is 0.293 e. The first kappa shape index (κ1) is 19.5. The van der Waals surface area contributed by atoms with Crippen LogP contribution in [0.15, 0.2) is 60.0 Å². The Morgan fingerprint density at radius 3 is 2.46 bits per heavy atom. The molecule has 0 amide bonds. The van der Waals surface area contributed by atoms with Crippen LogP contribution < -0.4 is 10.0 Å². The minimum Gasteiger partial charge on any atom is -0.375 e. The van der Waals surface area contributed by atoms with Gasteiger partial charge in [0.25, 0.3) is 5.69 Å². The number of nitrogens with zero attached hydrogens (tertiary/aromatic N) is 4. The van der Waals surface area contributed by atoms with Crippen LogP contribution in [0.25, 0.3) is 0 Å². The molecule has 10 nitrogen and oxygen atoms in total. The van der Waals surface area contributed by atoms with Gasteiger partial charge in [-0.15, -0.1) is 0 Å². The molecule has 0 fully saturated rings. The Morgan fingerprint density at radius 2 is 1.86 bits per heavy atom. The molecule has 11 heteroatoms. The Balaban J connectivity index is 1.72. The monoisotopic (exact) mass is 402 g/mol. The van der Waals surface area contributed by atoms with Crippen LogP contribution >= 0.6 is 0 Å². The number of rotatable bonds is 8. The molecule has 0 saturated carbocycles. The number of nitro benzene ring substituents is 1. The summed E-state index contributed by atoms with van der Waals surface area (Å²) in [5.41, 5.74) is 1.90. The van der Waals surface area contributed by atoms with Gasteiger partial charge in [-0.1, -0.05) is 24.3 Å². The van der Waals surface area contributed by atoms with Crippen molar-refractivity contribution in [2.45, 2.75) is 18.0 Å². The van der Waals surface area contributed by atoms with Crippen molar-refractivity contribution >= 4 is 21.4 Å². The van der Waals surface area contributed by atoms with Crippen LogP contribution in [0.1, 0.15) is 11.1 Å². The zero-order chi connectivity index (χ0) is 20.1. The molecule has 3 aromatic rings. The Hall–Kier alpha value is -3.31. The fraction of sp³-hybridized carbons (Fsp3) is 0.176. The minimum absolute atomic E-state index is 0.162. The van der Waals surface area contributed by atoms with Crippen molar-refractivity contribution in [1.82, 2.24) is 19.5 Å². The van der Waals surface area contributed by atoms with Crippen LogP contribution in [0, 0.1) is 10.1 Å². The molecule has 0 unspecified atom stereocenters. The van der Waals surface area contributed by atoms with Crippen molar-refractivity contribution in [3.05, 3.63) is 76.4 Å². The molecule has 28 heavy (non-hydrogen) atoms. The first-order valence-electron chi connectivity index (χ1n) is 8.25. The van der Waals surface area contributed by atoms with Gasteiger partial charge >= 0.3 is 0 Å². The number of sulfonamides is 1. The first-order chi connectivity index (χ1) is 13.4. The predicted molar refractivity (Wildman–Crippen MR) is 102 cm³/mol. The summed E-state index contributed by atoms with van der Waals surface area (Å²) in [6, 6.07) is 11.4. The zero-order valence-corrected chi connectivity index (χ0v) is 15.8. The molecular weight excluding hydrogens is 384 g/mol. The molecule has 1 heterocycles. The van der Waals surface area contributed by atoms with Crippen LogP contribution in [0.2, 0.25) is 0 Å². The minimum atomic E-state index is -3.76. The highest BCUT2D eigenvalue weighted by atomic mass is 32.2. The second-order valence-corrected chi connectivity index (χ2v) is 7.79. The average Bonchev–Trinajstić information content (AvgIpc) is 3.20. The van der Waals surface area contributed by atoms with Gasteiger partial charge in [0.05, 0.1) is 16.4 Å². The lowest BCUT2D eigenvalue weighted by molar-refractivity contribution is -0.384. The molecule has 0 radical (unpaired) electrons. The van der Waals surface area contributed by atoms with Crippen LogP contribution in [0.3, 0.4) is 0 Å². The van der Waals surface area contributed by atoms with E-state index in [1.807, 2.05) is 24.3 Å². The van der Waals surface area contributed by atoms with Crippen LogP contribution in [-0.4, -0.2) is 35.2 Å². The highest BCUT2D eigenvalue weighted by Gasteiger charge is 2.20. The van der Waals surface area contributed by atoms with Crippen molar-refractivity contribution in [2.75, 3.05) is 12.4 Å². The van der Waals surface area contributed by atoms with E-state index in [0.29, 0.717) is 13.1 Å². The largest absolute Gasteiger partial charge is 0.375 e. The lowest BCUT2D eigenvalue weighted by Gasteiger charge is -2.10. The van der Waals surface area contributed by atoms with Crippen molar-refractivity contribution in [1.29, 1.82) is 0 Å². The van der Waals surface area contributed by atoms with Crippen molar-refractivity contribution < 1.29 is 13.3 Å². The summed E-state index contributed by atoms with van der Waals surface area (Å²) in [4.78, 5) is 14.5. The van der Waals surface area contributed by atoms with Gasteiger partial charge in [-0.05, 0) is 30.3 Å². The second-order valence-electron chi connectivity index (χ2n) is 5.91. The van der Waals surface area contributed by atoms with Crippen molar-refractivity contribution in [3.63, 3.8) is 0 Å². The Kier molecular flexibility index (Phi) is 5.66. The quantitative estimate of drug-likeness (QED) is 0.433. The van der Waals surface area contributed by atoms with E-state index in [1.54, 1.807) is 11.0 Å². The Morgan fingerprint density at radius 1 is 1.14 bits per heavy atom. The van der Waals surface area contributed by atoms with Crippen molar-refractivity contribution in [3.8, 4) is 0 Å². The summed E-state index contributed by atoms with van der Waals surface area (Å²) in [5, 5.41) is 18.4. The zero-order valence-electron chi connectivity index (χ0n) is 14.9. The maximum absolute atomic E-state index is 11.8. The number of aromatic nitrogens is 3. The van der Waals surface area contributed by atoms with Crippen molar-refractivity contribution in [2.24, 2.45) is 0 Å². The predicted octanol–water partition coefficient (Wildman–Crippen LogP) is 1.75. The van der Waals surface area contributed by atoms with E-state index < -0.39 is 14.9 Å². The van der Waals surface area contributed by atoms with Crippen LogP contribution in [0.4, 0.5) is 11.4 Å². The third-order valence-corrected chi connectivity index (χ3v) is 5.47. The SMILES string of the molecule is CNS(=O)(=O)c1ccc(NCc2ccc(Cn3cncn3)cc2)c([N+](=O)[O-])c1. The lowest BCUT2D eigenvalue weighted by atomic mass is 10.1. The smallest absolute Gasteiger partial charge is 0.293 e. The van der Waals surface area contributed by atoms with E-state index in [9.17, 15) is 18.5 Å². The average molecular weight is 402 g/mol. The Bertz CT molecular complexity index is 1070. The summed E-state index contributed by atoms with van der Waals surface area (Å²) < 4.78 is 27.5. The summed E-state index contributed by atoms with van der Waals surface area (Å²) >= 11 is 0. The summed E-state index contributed by atoms with van der Waals surface area (Å²) in [7, 11) is -2.51. The molecule has 0 saturated heterocycles. The summed E-state index contributed by atoms with van der Waals surface area (Å²) in [5.74, 6) is 0. The topological polar surface area (TPSA) is 132 Å². The second kappa shape index (κ2) is 8.15. The van der Waals surface area contributed by atoms with E-state index in [-0.39, 0.29) is 16.3 Å². The Labute approximate surface area is 161 Å². The lowest BCUT2D eigenvalue weighted by Crippen LogP contribution is -2.18. The number of anilines is 1.